The molecule has 1 unspecified atom stereocenters. The number of benzene rings is 3. The fourth-order valence-electron chi connectivity index (χ4n) is 3.75. The second kappa shape index (κ2) is 9.78. The number of anilines is 2. The van der Waals surface area contributed by atoms with E-state index in [1.807, 2.05) is 0 Å². The highest BCUT2D eigenvalue weighted by Crippen LogP contribution is 2.27. The van der Waals surface area contributed by atoms with Crippen molar-refractivity contribution in [2.24, 2.45) is 5.92 Å². The molecule has 3 aromatic rings. The molecule has 0 spiro atoms. The topological polar surface area (TPSA) is 78.5 Å². The van der Waals surface area contributed by atoms with Gasteiger partial charge in [0.2, 0.25) is 11.8 Å². The molecule has 0 radical (unpaired) electrons. The Morgan fingerprint density at radius 1 is 0.912 bits per heavy atom. The Bertz CT molecular complexity index is 1240. The van der Waals surface area contributed by atoms with E-state index in [2.05, 4.69) is 10.6 Å². The predicted molar refractivity (Wildman–Crippen MR) is 119 cm³/mol. The van der Waals surface area contributed by atoms with Crippen molar-refractivity contribution in [3.05, 3.63) is 95.3 Å². The van der Waals surface area contributed by atoms with Crippen molar-refractivity contribution in [3.8, 4) is 0 Å². The van der Waals surface area contributed by atoms with Crippen molar-refractivity contribution in [1.82, 2.24) is 5.32 Å². The normalized spacial score (nSPS) is 15.3. The molecule has 2 N–H and O–H groups in total. The lowest BCUT2D eigenvalue weighted by Gasteiger charge is -2.17. The van der Waals surface area contributed by atoms with E-state index >= 15 is 0 Å². The molecule has 0 aromatic heterocycles. The highest BCUT2D eigenvalue weighted by Gasteiger charge is 2.35. The lowest BCUT2D eigenvalue weighted by molar-refractivity contribution is -0.126. The lowest BCUT2D eigenvalue weighted by Crippen LogP contribution is -2.32. The molecule has 1 atom stereocenters. The minimum absolute atomic E-state index is 0.0112. The number of halogens is 3. The van der Waals surface area contributed by atoms with Crippen molar-refractivity contribution in [1.29, 1.82) is 0 Å². The van der Waals surface area contributed by atoms with Crippen molar-refractivity contribution in [2.75, 3.05) is 16.8 Å². The third kappa shape index (κ3) is 5.43. The summed E-state index contributed by atoms with van der Waals surface area (Å²) in [4.78, 5) is 38.4. The van der Waals surface area contributed by atoms with Crippen LogP contribution in [0.3, 0.4) is 0 Å². The molecule has 1 aliphatic heterocycles. The van der Waals surface area contributed by atoms with Crippen LogP contribution >= 0.6 is 0 Å². The van der Waals surface area contributed by atoms with Gasteiger partial charge in [0, 0.05) is 42.5 Å². The van der Waals surface area contributed by atoms with Crippen LogP contribution in [0.2, 0.25) is 0 Å². The SMILES string of the molecule is O=C(Nc1cccc(CNC(=O)C2CC(=O)N(c3cc(F)cc(F)c3)C2)c1)c1cccc(F)c1. The number of carbonyl (C=O) groups excluding carboxylic acids is 3. The standard InChI is InChI=1S/C25H20F3N3O3/c26-18-5-2-4-16(8-18)25(34)30-21-6-1-3-15(7-21)13-29-24(33)17-9-23(32)31(14-17)22-11-19(27)10-20(28)12-22/h1-8,10-12,17H,9,13-14H2,(H,29,33)(H,30,34). The van der Waals surface area contributed by atoms with Gasteiger partial charge >= 0.3 is 0 Å². The summed E-state index contributed by atoms with van der Waals surface area (Å²) >= 11 is 0. The maximum Gasteiger partial charge on any atom is 0.255 e. The summed E-state index contributed by atoms with van der Waals surface area (Å²) in [5.41, 5.74) is 1.40. The van der Waals surface area contributed by atoms with E-state index in [4.69, 9.17) is 0 Å². The molecule has 1 heterocycles. The Balaban J connectivity index is 1.35. The number of hydrogen-bond donors (Lipinski definition) is 2. The predicted octanol–water partition coefficient (Wildman–Crippen LogP) is 4.03. The number of nitrogens with one attached hydrogen (secondary N) is 2. The maximum absolute atomic E-state index is 13.5. The molecule has 4 rings (SSSR count). The fourth-order valence-corrected chi connectivity index (χ4v) is 3.75. The molecule has 1 saturated heterocycles. The molecule has 1 aliphatic rings. The van der Waals surface area contributed by atoms with Crippen LogP contribution in [-0.2, 0) is 16.1 Å². The Hall–Kier alpha value is -4.14. The van der Waals surface area contributed by atoms with Gasteiger partial charge in [0.15, 0.2) is 0 Å². The largest absolute Gasteiger partial charge is 0.352 e. The van der Waals surface area contributed by atoms with E-state index < -0.39 is 35.2 Å². The minimum Gasteiger partial charge on any atom is -0.352 e. The van der Waals surface area contributed by atoms with Gasteiger partial charge in [0.1, 0.15) is 17.5 Å². The van der Waals surface area contributed by atoms with Crippen LogP contribution in [0, 0.1) is 23.4 Å². The Morgan fingerprint density at radius 2 is 1.65 bits per heavy atom. The van der Waals surface area contributed by atoms with Crippen LogP contribution in [0.1, 0.15) is 22.3 Å². The number of rotatable bonds is 6. The minimum atomic E-state index is -0.805. The van der Waals surface area contributed by atoms with Crippen molar-refractivity contribution < 1.29 is 27.6 Å². The van der Waals surface area contributed by atoms with Crippen molar-refractivity contribution in [2.45, 2.75) is 13.0 Å². The summed E-state index contributed by atoms with van der Waals surface area (Å²) in [6, 6.07) is 14.9. The molecule has 9 heteroatoms. The average molecular weight is 467 g/mol. The second-order valence-corrected chi connectivity index (χ2v) is 7.92. The first-order valence-corrected chi connectivity index (χ1v) is 10.5. The molecular weight excluding hydrogens is 447 g/mol. The van der Waals surface area contributed by atoms with Crippen LogP contribution in [0.4, 0.5) is 24.5 Å². The van der Waals surface area contributed by atoms with Crippen LogP contribution in [0.15, 0.2) is 66.7 Å². The van der Waals surface area contributed by atoms with Gasteiger partial charge in [-0.1, -0.05) is 18.2 Å². The van der Waals surface area contributed by atoms with Crippen LogP contribution in [-0.4, -0.2) is 24.3 Å². The molecule has 0 aliphatic carbocycles. The van der Waals surface area contributed by atoms with E-state index in [-0.39, 0.29) is 36.7 Å². The van der Waals surface area contributed by atoms with Gasteiger partial charge in [-0.2, -0.15) is 0 Å². The van der Waals surface area contributed by atoms with Crippen molar-refractivity contribution in [3.63, 3.8) is 0 Å². The first-order valence-electron chi connectivity index (χ1n) is 10.5. The zero-order valence-corrected chi connectivity index (χ0v) is 17.9. The summed E-state index contributed by atoms with van der Waals surface area (Å²) < 4.78 is 40.3. The summed E-state index contributed by atoms with van der Waals surface area (Å²) in [6.45, 7) is 0.152. The Kier molecular flexibility index (Phi) is 6.62. The number of carbonyl (C=O) groups is 3. The fraction of sp³-hybridized carbons (Fsp3) is 0.160. The zero-order valence-electron chi connectivity index (χ0n) is 17.9. The highest BCUT2D eigenvalue weighted by atomic mass is 19.1. The monoisotopic (exact) mass is 467 g/mol. The summed E-state index contributed by atoms with van der Waals surface area (Å²) in [7, 11) is 0. The third-order valence-corrected chi connectivity index (χ3v) is 5.39. The van der Waals surface area contributed by atoms with Crippen LogP contribution < -0.4 is 15.5 Å². The lowest BCUT2D eigenvalue weighted by atomic mass is 10.1. The van der Waals surface area contributed by atoms with E-state index in [9.17, 15) is 27.6 Å². The summed E-state index contributed by atoms with van der Waals surface area (Å²) in [5.74, 6) is -4.04. The average Bonchev–Trinajstić information content (AvgIpc) is 3.19. The smallest absolute Gasteiger partial charge is 0.255 e. The maximum atomic E-state index is 13.5. The molecular formula is C25H20F3N3O3. The molecule has 0 saturated carbocycles. The van der Waals surface area contributed by atoms with Gasteiger partial charge < -0.3 is 15.5 Å². The third-order valence-electron chi connectivity index (χ3n) is 5.39. The first-order chi connectivity index (χ1) is 16.3. The second-order valence-electron chi connectivity index (χ2n) is 7.92. The van der Waals surface area contributed by atoms with Gasteiger partial charge in [-0.25, -0.2) is 13.2 Å². The molecule has 1 fully saturated rings. The van der Waals surface area contributed by atoms with Gasteiger partial charge in [0.05, 0.1) is 5.92 Å². The Morgan fingerprint density at radius 3 is 2.38 bits per heavy atom. The van der Waals surface area contributed by atoms with E-state index in [0.717, 1.165) is 18.2 Å². The van der Waals surface area contributed by atoms with Gasteiger partial charge in [-0.15, -0.1) is 0 Å². The summed E-state index contributed by atoms with van der Waals surface area (Å²) in [6.07, 6.45) is -0.0757. The van der Waals surface area contributed by atoms with Gasteiger partial charge in [-0.05, 0) is 48.0 Å². The molecule has 34 heavy (non-hydrogen) atoms. The zero-order chi connectivity index (χ0) is 24.2. The van der Waals surface area contributed by atoms with E-state index in [0.29, 0.717) is 17.3 Å². The van der Waals surface area contributed by atoms with Crippen LogP contribution in [0.5, 0.6) is 0 Å². The molecule has 0 bridgehead atoms. The first kappa shape index (κ1) is 23.0. The molecule has 174 valence electrons. The molecule has 3 aromatic carbocycles. The van der Waals surface area contributed by atoms with E-state index in [1.54, 1.807) is 24.3 Å². The van der Waals surface area contributed by atoms with E-state index in [1.165, 1.54) is 23.1 Å². The number of nitrogens with zero attached hydrogens (tertiary/aromatic N) is 1. The number of hydrogen-bond acceptors (Lipinski definition) is 3. The molecule has 3 amide bonds. The highest BCUT2D eigenvalue weighted by molar-refractivity contribution is 6.04. The number of amides is 3. The van der Waals surface area contributed by atoms with Gasteiger partial charge in [-0.3, -0.25) is 14.4 Å². The van der Waals surface area contributed by atoms with Crippen LogP contribution in [0.25, 0.3) is 0 Å². The Labute approximate surface area is 193 Å². The quantitative estimate of drug-likeness (QED) is 0.575. The molecule has 6 nitrogen and oxygen atoms in total. The summed E-state index contributed by atoms with van der Waals surface area (Å²) in [5, 5.41) is 5.42. The van der Waals surface area contributed by atoms with Gasteiger partial charge in [0.25, 0.3) is 5.91 Å². The van der Waals surface area contributed by atoms with Crippen molar-refractivity contribution >= 4 is 29.1 Å².